The lowest BCUT2D eigenvalue weighted by atomic mass is 9.88. The Morgan fingerprint density at radius 1 is 1.32 bits per heavy atom. The van der Waals surface area contributed by atoms with Crippen LogP contribution in [0.15, 0.2) is 33.5 Å². The minimum Gasteiger partial charge on any atom is -0.422 e. The summed E-state index contributed by atoms with van der Waals surface area (Å²) in [5, 5.41) is 4.06. The number of rotatable bonds is 3. The summed E-state index contributed by atoms with van der Waals surface area (Å²) in [6, 6.07) is 6.21. The molecule has 0 fully saturated rings. The second-order valence-electron chi connectivity index (χ2n) is 7.00. The fraction of sp³-hybridized carbons (Fsp3) is 0.250. The van der Waals surface area contributed by atoms with Gasteiger partial charge in [-0.1, -0.05) is 18.5 Å². The zero-order valence-corrected chi connectivity index (χ0v) is 16.6. The Balaban J connectivity index is 1.73. The van der Waals surface area contributed by atoms with Gasteiger partial charge in [-0.15, -0.1) is 11.3 Å². The van der Waals surface area contributed by atoms with Gasteiger partial charge in [0.05, 0.1) is 5.56 Å². The summed E-state index contributed by atoms with van der Waals surface area (Å²) in [5.74, 6) is -0.725. The molecule has 2 amide bonds. The number of carbonyl (C=O) groups is 2. The Bertz CT molecular complexity index is 1180. The molecule has 1 aliphatic rings. The molecule has 0 bridgehead atoms. The van der Waals surface area contributed by atoms with E-state index in [0.717, 1.165) is 29.7 Å². The lowest BCUT2D eigenvalue weighted by Crippen LogP contribution is -2.22. The summed E-state index contributed by atoms with van der Waals surface area (Å²) in [7, 11) is 0. The van der Waals surface area contributed by atoms with Crippen molar-refractivity contribution in [2.24, 2.45) is 11.7 Å². The van der Waals surface area contributed by atoms with E-state index in [2.05, 4.69) is 12.2 Å². The number of thiophene rings is 1. The van der Waals surface area contributed by atoms with Crippen LogP contribution in [0.2, 0.25) is 5.02 Å². The SMILES string of the molecule is C[C@@H]1CCc2c(sc(NC(=O)c3cc4cc(Cl)ccc4oc3=O)c2C(N)=O)C1. The maximum atomic E-state index is 12.8. The Morgan fingerprint density at radius 3 is 2.86 bits per heavy atom. The van der Waals surface area contributed by atoms with E-state index in [4.69, 9.17) is 21.8 Å². The molecule has 3 aromatic rings. The second-order valence-corrected chi connectivity index (χ2v) is 8.55. The fourth-order valence-corrected chi connectivity index (χ4v) is 5.11. The molecule has 0 spiro atoms. The van der Waals surface area contributed by atoms with Crippen LogP contribution in [0.3, 0.4) is 0 Å². The molecule has 3 N–H and O–H groups in total. The largest absolute Gasteiger partial charge is 0.422 e. The van der Waals surface area contributed by atoms with Gasteiger partial charge in [0, 0.05) is 15.3 Å². The highest BCUT2D eigenvalue weighted by Crippen LogP contribution is 2.39. The zero-order chi connectivity index (χ0) is 20.0. The molecule has 4 rings (SSSR count). The van der Waals surface area contributed by atoms with E-state index >= 15 is 0 Å². The molecule has 2 heterocycles. The van der Waals surface area contributed by atoms with Gasteiger partial charge in [-0.3, -0.25) is 9.59 Å². The Labute approximate surface area is 169 Å². The van der Waals surface area contributed by atoms with Gasteiger partial charge >= 0.3 is 5.63 Å². The van der Waals surface area contributed by atoms with Gasteiger partial charge in [-0.2, -0.15) is 0 Å². The molecule has 6 nitrogen and oxygen atoms in total. The normalized spacial score (nSPS) is 16.0. The maximum absolute atomic E-state index is 12.8. The Hall–Kier alpha value is -2.64. The monoisotopic (exact) mass is 416 g/mol. The number of halogens is 1. The van der Waals surface area contributed by atoms with E-state index < -0.39 is 17.4 Å². The first kappa shape index (κ1) is 18.7. The van der Waals surface area contributed by atoms with Gasteiger partial charge in [-0.25, -0.2) is 4.79 Å². The van der Waals surface area contributed by atoms with Crippen molar-refractivity contribution in [3.05, 3.63) is 61.3 Å². The standard InChI is InChI=1S/C20H17ClN2O4S/c1-9-2-4-12-15(6-9)28-19(16(12)17(22)24)23-18(25)13-8-10-7-11(21)3-5-14(10)27-20(13)26/h3,5,7-9H,2,4,6H2,1H3,(H2,22,24)(H,23,25)/t9-/m1/s1. The first-order chi connectivity index (χ1) is 13.3. The van der Waals surface area contributed by atoms with Crippen molar-refractivity contribution in [3.63, 3.8) is 0 Å². The molecule has 0 saturated heterocycles. The zero-order valence-electron chi connectivity index (χ0n) is 15.0. The van der Waals surface area contributed by atoms with Gasteiger partial charge in [0.25, 0.3) is 11.8 Å². The van der Waals surface area contributed by atoms with Crippen LogP contribution in [-0.2, 0) is 12.8 Å². The third-order valence-corrected chi connectivity index (χ3v) is 6.33. The third kappa shape index (κ3) is 3.31. The molecule has 8 heteroatoms. The summed E-state index contributed by atoms with van der Waals surface area (Å²) in [6.45, 7) is 2.15. The molecule has 0 unspecified atom stereocenters. The summed E-state index contributed by atoms with van der Waals surface area (Å²) in [5.41, 5.74) is 6.24. The van der Waals surface area contributed by atoms with Crippen LogP contribution in [-0.4, -0.2) is 11.8 Å². The number of nitrogens with one attached hydrogen (secondary N) is 1. The predicted octanol–water partition coefficient (Wildman–Crippen LogP) is 3.98. The summed E-state index contributed by atoms with van der Waals surface area (Å²) >= 11 is 7.32. The van der Waals surface area contributed by atoms with Crippen LogP contribution >= 0.6 is 22.9 Å². The first-order valence-electron chi connectivity index (χ1n) is 8.82. The van der Waals surface area contributed by atoms with Crippen LogP contribution in [0.4, 0.5) is 5.00 Å². The number of carbonyl (C=O) groups excluding carboxylic acids is 2. The Kier molecular flexibility index (Phi) is 4.72. The smallest absolute Gasteiger partial charge is 0.349 e. The molecule has 0 saturated carbocycles. The van der Waals surface area contributed by atoms with Gasteiger partial charge in [0.1, 0.15) is 16.1 Å². The van der Waals surface area contributed by atoms with Crippen LogP contribution < -0.4 is 16.7 Å². The predicted molar refractivity (Wildman–Crippen MR) is 109 cm³/mol. The van der Waals surface area contributed by atoms with E-state index in [-0.39, 0.29) is 5.56 Å². The molecule has 144 valence electrons. The van der Waals surface area contributed by atoms with Gasteiger partial charge < -0.3 is 15.5 Å². The van der Waals surface area contributed by atoms with Crippen LogP contribution in [0.5, 0.6) is 0 Å². The van der Waals surface area contributed by atoms with Crippen molar-refractivity contribution in [3.8, 4) is 0 Å². The summed E-state index contributed by atoms with van der Waals surface area (Å²) in [6.07, 6.45) is 2.55. The van der Waals surface area contributed by atoms with Crippen molar-refractivity contribution in [2.75, 3.05) is 5.32 Å². The molecule has 1 aliphatic carbocycles. The van der Waals surface area contributed by atoms with Crippen LogP contribution in [0.1, 0.15) is 44.5 Å². The number of fused-ring (bicyclic) bond motifs is 2. The maximum Gasteiger partial charge on any atom is 0.349 e. The van der Waals surface area contributed by atoms with Crippen molar-refractivity contribution in [2.45, 2.75) is 26.2 Å². The number of benzene rings is 1. The van der Waals surface area contributed by atoms with Crippen molar-refractivity contribution < 1.29 is 14.0 Å². The molecule has 0 radical (unpaired) electrons. The highest BCUT2D eigenvalue weighted by atomic mass is 35.5. The van der Waals surface area contributed by atoms with Gasteiger partial charge in [0.15, 0.2) is 0 Å². The number of amides is 2. The van der Waals surface area contributed by atoms with Crippen LogP contribution in [0, 0.1) is 5.92 Å². The van der Waals surface area contributed by atoms with Crippen molar-refractivity contribution in [1.29, 1.82) is 0 Å². The molecule has 0 aliphatic heterocycles. The third-order valence-electron chi connectivity index (χ3n) is 4.92. The van der Waals surface area contributed by atoms with E-state index in [1.807, 2.05) is 0 Å². The number of primary amides is 1. The fourth-order valence-electron chi connectivity index (χ4n) is 3.52. The quantitative estimate of drug-likeness (QED) is 0.630. The Morgan fingerprint density at radius 2 is 2.11 bits per heavy atom. The molecule has 1 atom stereocenters. The summed E-state index contributed by atoms with van der Waals surface area (Å²) < 4.78 is 5.22. The molecular formula is C20H17ClN2O4S. The second kappa shape index (κ2) is 7.07. The number of hydrogen-bond donors (Lipinski definition) is 2. The van der Waals surface area contributed by atoms with Gasteiger partial charge in [0.2, 0.25) is 0 Å². The first-order valence-corrected chi connectivity index (χ1v) is 10.0. The number of hydrogen-bond acceptors (Lipinski definition) is 5. The number of nitrogens with two attached hydrogens (primary N) is 1. The summed E-state index contributed by atoms with van der Waals surface area (Å²) in [4.78, 5) is 38.1. The lowest BCUT2D eigenvalue weighted by molar-refractivity contribution is 0.1000. The van der Waals surface area contributed by atoms with E-state index in [1.54, 1.807) is 18.2 Å². The minimum absolute atomic E-state index is 0.162. The lowest BCUT2D eigenvalue weighted by Gasteiger charge is -2.18. The average Bonchev–Trinajstić information content (AvgIpc) is 2.98. The van der Waals surface area contributed by atoms with E-state index in [1.165, 1.54) is 17.4 Å². The molecule has 1 aromatic carbocycles. The topological polar surface area (TPSA) is 102 Å². The molecule has 2 aromatic heterocycles. The minimum atomic E-state index is -0.761. The van der Waals surface area contributed by atoms with E-state index in [0.29, 0.717) is 32.5 Å². The van der Waals surface area contributed by atoms with Crippen molar-refractivity contribution in [1.82, 2.24) is 0 Å². The highest BCUT2D eigenvalue weighted by molar-refractivity contribution is 7.17. The van der Waals surface area contributed by atoms with E-state index in [9.17, 15) is 14.4 Å². The average molecular weight is 417 g/mol. The van der Waals surface area contributed by atoms with Crippen molar-refractivity contribution >= 4 is 50.7 Å². The molecular weight excluding hydrogens is 400 g/mol. The molecule has 28 heavy (non-hydrogen) atoms. The highest BCUT2D eigenvalue weighted by Gasteiger charge is 2.28. The number of anilines is 1. The van der Waals surface area contributed by atoms with Gasteiger partial charge in [-0.05, 0) is 55.0 Å². The van der Waals surface area contributed by atoms with Crippen LogP contribution in [0.25, 0.3) is 11.0 Å².